The van der Waals surface area contributed by atoms with Crippen LogP contribution in [0.15, 0.2) is 24.3 Å². The van der Waals surface area contributed by atoms with Gasteiger partial charge in [0.05, 0.1) is 5.54 Å². The van der Waals surface area contributed by atoms with E-state index < -0.39 is 5.54 Å². The highest BCUT2D eigenvalue weighted by Gasteiger charge is 2.34. The summed E-state index contributed by atoms with van der Waals surface area (Å²) in [5, 5.41) is 0. The van der Waals surface area contributed by atoms with Gasteiger partial charge in [0.15, 0.2) is 5.78 Å². The van der Waals surface area contributed by atoms with Gasteiger partial charge >= 0.3 is 0 Å². The van der Waals surface area contributed by atoms with E-state index in [0.29, 0.717) is 6.42 Å². The molecule has 2 rings (SSSR count). The number of benzene rings is 1. The Balaban J connectivity index is 2.05. The van der Waals surface area contributed by atoms with Crippen LogP contribution >= 0.6 is 0 Å². The van der Waals surface area contributed by atoms with E-state index in [1.54, 1.807) is 6.07 Å². The Kier molecular flexibility index (Phi) is 4.92. The largest absolute Gasteiger partial charge is 0.297 e. The maximum absolute atomic E-state index is 13.2. The molecule has 3 heteroatoms. The van der Waals surface area contributed by atoms with Crippen molar-refractivity contribution >= 4 is 5.78 Å². The average molecular weight is 277 g/mol. The van der Waals surface area contributed by atoms with Crippen molar-refractivity contribution in [2.75, 3.05) is 13.1 Å². The second-order valence-corrected chi connectivity index (χ2v) is 6.19. The fraction of sp³-hybridized carbons (Fsp3) is 0.588. The molecule has 1 aromatic rings. The van der Waals surface area contributed by atoms with Gasteiger partial charge in [0, 0.05) is 6.42 Å². The molecule has 0 aliphatic carbocycles. The number of nitrogens with zero attached hydrogens (tertiary/aromatic N) is 1. The van der Waals surface area contributed by atoms with Crippen LogP contribution in [-0.4, -0.2) is 29.3 Å². The standard InChI is InChI=1S/C17H24FNO/c1-17(2,19-10-5-3-4-6-11-19)16(20)13-14-8-7-9-15(18)12-14/h7-9,12H,3-6,10-11,13H2,1-2H3. The fourth-order valence-corrected chi connectivity index (χ4v) is 2.85. The first-order valence-electron chi connectivity index (χ1n) is 7.53. The van der Waals surface area contributed by atoms with Crippen LogP contribution in [0.4, 0.5) is 4.39 Å². The number of hydrogen-bond acceptors (Lipinski definition) is 2. The molecule has 0 radical (unpaired) electrons. The number of hydrogen-bond donors (Lipinski definition) is 0. The molecular formula is C17H24FNO. The lowest BCUT2D eigenvalue weighted by Gasteiger charge is -2.36. The molecule has 0 N–H and O–H groups in total. The molecule has 1 saturated heterocycles. The number of rotatable bonds is 4. The molecule has 2 nitrogen and oxygen atoms in total. The van der Waals surface area contributed by atoms with Crippen molar-refractivity contribution in [1.29, 1.82) is 0 Å². The predicted molar refractivity (Wildman–Crippen MR) is 79.2 cm³/mol. The summed E-state index contributed by atoms with van der Waals surface area (Å²) < 4.78 is 13.2. The van der Waals surface area contributed by atoms with Gasteiger partial charge in [-0.25, -0.2) is 4.39 Å². The van der Waals surface area contributed by atoms with E-state index in [9.17, 15) is 9.18 Å². The third kappa shape index (κ3) is 3.66. The van der Waals surface area contributed by atoms with Crippen molar-refractivity contribution in [3.05, 3.63) is 35.6 Å². The quantitative estimate of drug-likeness (QED) is 0.838. The van der Waals surface area contributed by atoms with Gasteiger partial charge in [-0.15, -0.1) is 0 Å². The lowest BCUT2D eigenvalue weighted by atomic mass is 9.91. The lowest BCUT2D eigenvalue weighted by molar-refractivity contribution is -0.128. The Bertz CT molecular complexity index is 462. The molecule has 1 aliphatic rings. The lowest BCUT2D eigenvalue weighted by Crippen LogP contribution is -2.51. The van der Waals surface area contributed by atoms with Crippen LogP contribution in [0.1, 0.15) is 45.1 Å². The number of Topliss-reactive ketones (excluding diaryl/α,β-unsaturated/α-hetero) is 1. The molecule has 110 valence electrons. The molecule has 0 unspecified atom stereocenters. The highest BCUT2D eigenvalue weighted by atomic mass is 19.1. The zero-order valence-electron chi connectivity index (χ0n) is 12.5. The van der Waals surface area contributed by atoms with Crippen LogP contribution in [0.3, 0.4) is 0 Å². The van der Waals surface area contributed by atoms with E-state index in [2.05, 4.69) is 4.90 Å². The Morgan fingerprint density at radius 2 is 1.85 bits per heavy atom. The van der Waals surface area contributed by atoms with Crippen molar-refractivity contribution < 1.29 is 9.18 Å². The Hall–Kier alpha value is -1.22. The van der Waals surface area contributed by atoms with Crippen molar-refractivity contribution in [3.8, 4) is 0 Å². The van der Waals surface area contributed by atoms with E-state index in [0.717, 1.165) is 31.5 Å². The Labute approximate surface area is 121 Å². The molecule has 0 bridgehead atoms. The minimum Gasteiger partial charge on any atom is -0.297 e. The first kappa shape index (κ1) is 15.2. The first-order valence-corrected chi connectivity index (χ1v) is 7.53. The topological polar surface area (TPSA) is 20.3 Å². The summed E-state index contributed by atoms with van der Waals surface area (Å²) in [5.41, 5.74) is 0.300. The molecule has 0 saturated carbocycles. The maximum Gasteiger partial charge on any atom is 0.156 e. The highest BCUT2D eigenvalue weighted by molar-refractivity contribution is 5.89. The fourth-order valence-electron chi connectivity index (χ4n) is 2.85. The van der Waals surface area contributed by atoms with Crippen LogP contribution < -0.4 is 0 Å². The van der Waals surface area contributed by atoms with Gasteiger partial charge in [0.1, 0.15) is 5.82 Å². The minimum absolute atomic E-state index is 0.171. The number of ketones is 1. The minimum atomic E-state index is -0.462. The summed E-state index contributed by atoms with van der Waals surface area (Å²) in [6.07, 6.45) is 5.14. The van der Waals surface area contributed by atoms with Gasteiger partial charge in [-0.05, 0) is 57.5 Å². The maximum atomic E-state index is 13.2. The van der Waals surface area contributed by atoms with Crippen LogP contribution in [-0.2, 0) is 11.2 Å². The van der Waals surface area contributed by atoms with E-state index in [-0.39, 0.29) is 11.6 Å². The van der Waals surface area contributed by atoms with Crippen LogP contribution in [0.5, 0.6) is 0 Å². The SMILES string of the molecule is CC(C)(C(=O)Cc1cccc(F)c1)N1CCCCCC1. The van der Waals surface area contributed by atoms with Crippen molar-refractivity contribution in [3.63, 3.8) is 0 Å². The van der Waals surface area contributed by atoms with Gasteiger partial charge in [-0.2, -0.15) is 0 Å². The molecule has 0 amide bonds. The number of halogens is 1. The summed E-state index contributed by atoms with van der Waals surface area (Å²) in [4.78, 5) is 14.9. The van der Waals surface area contributed by atoms with E-state index >= 15 is 0 Å². The molecule has 20 heavy (non-hydrogen) atoms. The molecular weight excluding hydrogens is 253 g/mol. The molecule has 0 atom stereocenters. The van der Waals surface area contributed by atoms with Gasteiger partial charge in [-0.3, -0.25) is 9.69 Å². The predicted octanol–water partition coefficient (Wildman–Crippen LogP) is 3.59. The van der Waals surface area contributed by atoms with Gasteiger partial charge in [0.2, 0.25) is 0 Å². The molecule has 1 aliphatic heterocycles. The summed E-state index contributed by atoms with van der Waals surface area (Å²) in [6.45, 7) is 5.98. The summed E-state index contributed by atoms with van der Waals surface area (Å²) >= 11 is 0. The Morgan fingerprint density at radius 3 is 2.45 bits per heavy atom. The van der Waals surface area contributed by atoms with Gasteiger partial charge < -0.3 is 0 Å². The van der Waals surface area contributed by atoms with Crippen LogP contribution in [0.25, 0.3) is 0 Å². The van der Waals surface area contributed by atoms with Crippen LogP contribution in [0, 0.1) is 5.82 Å². The normalized spacial score (nSPS) is 17.8. The third-order valence-electron chi connectivity index (χ3n) is 4.33. The van der Waals surface area contributed by atoms with Crippen molar-refractivity contribution in [1.82, 2.24) is 4.90 Å². The summed E-state index contributed by atoms with van der Waals surface area (Å²) in [5.74, 6) is -0.104. The molecule has 1 fully saturated rings. The monoisotopic (exact) mass is 277 g/mol. The number of carbonyl (C=O) groups excluding carboxylic acids is 1. The highest BCUT2D eigenvalue weighted by Crippen LogP contribution is 2.22. The second-order valence-electron chi connectivity index (χ2n) is 6.19. The van der Waals surface area contributed by atoms with E-state index in [1.807, 2.05) is 19.9 Å². The summed E-state index contributed by atoms with van der Waals surface area (Å²) in [6, 6.07) is 6.35. The second kappa shape index (κ2) is 6.49. The average Bonchev–Trinajstić information content (AvgIpc) is 2.67. The zero-order valence-corrected chi connectivity index (χ0v) is 12.5. The van der Waals surface area contributed by atoms with Crippen LogP contribution in [0.2, 0.25) is 0 Å². The van der Waals surface area contributed by atoms with Crippen molar-refractivity contribution in [2.45, 2.75) is 51.5 Å². The zero-order chi connectivity index (χ0) is 14.6. The molecule has 1 heterocycles. The number of likely N-dealkylation sites (tertiary alicyclic amines) is 1. The van der Waals surface area contributed by atoms with E-state index in [4.69, 9.17) is 0 Å². The van der Waals surface area contributed by atoms with Gasteiger partial charge in [-0.1, -0.05) is 25.0 Å². The molecule has 0 spiro atoms. The summed E-state index contributed by atoms with van der Waals surface area (Å²) in [7, 11) is 0. The van der Waals surface area contributed by atoms with Crippen molar-refractivity contribution in [2.24, 2.45) is 0 Å². The van der Waals surface area contributed by atoms with E-state index in [1.165, 1.54) is 25.0 Å². The smallest absolute Gasteiger partial charge is 0.156 e. The molecule has 0 aromatic heterocycles. The number of carbonyl (C=O) groups is 1. The Morgan fingerprint density at radius 1 is 1.20 bits per heavy atom. The third-order valence-corrected chi connectivity index (χ3v) is 4.33. The molecule has 1 aromatic carbocycles. The van der Waals surface area contributed by atoms with Gasteiger partial charge in [0.25, 0.3) is 0 Å². The first-order chi connectivity index (χ1) is 9.50.